The summed E-state index contributed by atoms with van der Waals surface area (Å²) in [5.41, 5.74) is -0.517. The van der Waals surface area contributed by atoms with Crippen molar-refractivity contribution in [3.63, 3.8) is 0 Å². The highest BCUT2D eigenvalue weighted by Crippen LogP contribution is 2.23. The molecule has 0 bridgehead atoms. The van der Waals surface area contributed by atoms with E-state index in [0.717, 1.165) is 11.3 Å². The van der Waals surface area contributed by atoms with Crippen molar-refractivity contribution in [2.75, 3.05) is 31.9 Å². The number of Topliss-reactive ketones (excluding diaryl/α,β-unsaturated/α-hetero) is 1. The van der Waals surface area contributed by atoms with Crippen LogP contribution in [-0.4, -0.2) is 96.0 Å². The molecule has 0 aliphatic heterocycles. The summed E-state index contributed by atoms with van der Waals surface area (Å²) in [5, 5.41) is 8.59. The highest BCUT2D eigenvalue weighted by Gasteiger charge is 2.42. The van der Waals surface area contributed by atoms with Gasteiger partial charge in [0.15, 0.2) is 11.4 Å². The average molecular weight is 837 g/mol. The van der Waals surface area contributed by atoms with Gasteiger partial charge in [0.05, 0.1) is 36.0 Å². The minimum absolute atomic E-state index is 0.0263. The second kappa shape index (κ2) is 20.0. The van der Waals surface area contributed by atoms with Gasteiger partial charge < -0.3 is 34.9 Å². The fraction of sp³-hybridized carbons (Fsp3) is 0.400. The van der Waals surface area contributed by atoms with Crippen LogP contribution >= 0.6 is 33.9 Å². The third-order valence-electron chi connectivity index (χ3n) is 7.44. The number of esters is 2. The molecule has 3 amide bonds. The second-order valence-electron chi connectivity index (χ2n) is 11.5. The molecule has 1 aromatic heterocycles. The van der Waals surface area contributed by atoms with E-state index >= 15 is 0 Å². The van der Waals surface area contributed by atoms with Crippen molar-refractivity contribution in [1.29, 1.82) is 0 Å². The number of amides is 3. The smallest absolute Gasteiger partial charge is 0.339 e. The Kier molecular flexibility index (Phi) is 16.1. The third-order valence-corrected chi connectivity index (χ3v) is 9.81. The van der Waals surface area contributed by atoms with Gasteiger partial charge in [-0.3, -0.25) is 24.0 Å². The Morgan fingerprint density at radius 3 is 2.02 bits per heavy atom. The molecule has 16 heteroatoms. The van der Waals surface area contributed by atoms with Crippen LogP contribution in [0.3, 0.4) is 0 Å². The van der Waals surface area contributed by atoms with Crippen molar-refractivity contribution < 1.29 is 47.7 Å². The van der Waals surface area contributed by atoms with Crippen molar-refractivity contribution in [1.82, 2.24) is 20.9 Å². The quantitative estimate of drug-likeness (QED) is 0.0916. The largest absolute Gasteiger partial charge is 0.461 e. The van der Waals surface area contributed by atoms with Gasteiger partial charge in [0, 0.05) is 31.1 Å². The van der Waals surface area contributed by atoms with Gasteiger partial charge in [-0.05, 0) is 31.9 Å². The number of aryl methyl sites for hydroxylation is 1. The molecule has 0 spiro atoms. The van der Waals surface area contributed by atoms with Gasteiger partial charge in [-0.25, -0.2) is 9.78 Å². The number of ether oxygens (including phenoxy) is 4. The Hall–Kier alpha value is -4.26. The van der Waals surface area contributed by atoms with Crippen LogP contribution in [0.15, 0.2) is 60.8 Å². The van der Waals surface area contributed by atoms with E-state index in [9.17, 15) is 28.8 Å². The number of carbonyl (C=O) groups is 6. The number of nitrogens with one attached hydrogen (secondary N) is 3. The molecule has 0 saturated heterocycles. The lowest BCUT2D eigenvalue weighted by molar-refractivity contribution is -0.142. The van der Waals surface area contributed by atoms with Crippen LogP contribution < -0.4 is 16.0 Å². The maximum atomic E-state index is 14.3. The normalized spacial score (nSPS) is 13.8. The first kappa shape index (κ1) is 41.2. The Morgan fingerprint density at radius 1 is 0.863 bits per heavy atom. The first-order chi connectivity index (χ1) is 24.3. The van der Waals surface area contributed by atoms with Crippen LogP contribution in [0.4, 0.5) is 0 Å². The fourth-order valence-electron chi connectivity index (χ4n) is 4.79. The van der Waals surface area contributed by atoms with Gasteiger partial charge in [0.2, 0.25) is 11.8 Å². The lowest BCUT2D eigenvalue weighted by Gasteiger charge is -2.32. The van der Waals surface area contributed by atoms with Crippen molar-refractivity contribution in [3.05, 3.63) is 87.4 Å². The monoisotopic (exact) mass is 836 g/mol. The number of benzene rings is 2. The Labute approximate surface area is 313 Å². The molecule has 274 valence electrons. The summed E-state index contributed by atoms with van der Waals surface area (Å²) in [5.74, 6) is -3.98. The summed E-state index contributed by atoms with van der Waals surface area (Å²) in [6, 6.07) is 11.6. The Balaban J connectivity index is 1.85. The van der Waals surface area contributed by atoms with Crippen LogP contribution in [0.1, 0.15) is 50.0 Å². The molecular weight excluding hydrogens is 795 g/mol. The first-order valence-electron chi connectivity index (χ1n) is 15.7. The van der Waals surface area contributed by atoms with Gasteiger partial charge in [0.1, 0.15) is 23.6 Å². The van der Waals surface area contributed by atoms with E-state index in [1.54, 1.807) is 55.5 Å². The van der Waals surface area contributed by atoms with Crippen LogP contribution in [0, 0.1) is 6.92 Å². The van der Waals surface area contributed by atoms with Gasteiger partial charge in [-0.15, -0.1) is 11.3 Å². The van der Waals surface area contributed by atoms with Crippen LogP contribution in [0.25, 0.3) is 0 Å². The molecule has 2 aromatic carbocycles. The number of halogens is 1. The van der Waals surface area contributed by atoms with Crippen molar-refractivity contribution in [2.45, 2.75) is 57.5 Å². The highest BCUT2D eigenvalue weighted by atomic mass is 127. The number of methoxy groups -OCH3 is 2. The predicted octanol–water partition coefficient (Wildman–Crippen LogP) is 2.74. The zero-order valence-corrected chi connectivity index (χ0v) is 31.8. The van der Waals surface area contributed by atoms with E-state index in [4.69, 9.17) is 18.9 Å². The van der Waals surface area contributed by atoms with Gasteiger partial charge in [-0.1, -0.05) is 71.1 Å². The van der Waals surface area contributed by atoms with Crippen LogP contribution in [-0.2, 0) is 51.2 Å². The van der Waals surface area contributed by atoms with E-state index in [1.807, 2.05) is 22.6 Å². The third kappa shape index (κ3) is 12.2. The number of aromatic nitrogens is 1. The number of thiazole rings is 1. The zero-order valence-electron chi connectivity index (χ0n) is 28.9. The molecule has 0 radical (unpaired) electrons. The SMILES string of the molecule is COC[C@H](NC(=O)c1cnc(C)s1)C(=O)N[C@@H](COC)C(=O)NC(Cc1ccccc1)C(=O)[C@@](C)(CI)OC(=O)c1ccccc1COC(C)=O. The lowest BCUT2D eigenvalue weighted by atomic mass is 9.91. The number of ketones is 1. The Bertz CT molecular complexity index is 1690. The second-order valence-corrected chi connectivity index (χ2v) is 13.5. The molecule has 3 rings (SSSR count). The maximum Gasteiger partial charge on any atom is 0.339 e. The number of rotatable bonds is 19. The first-order valence-corrected chi connectivity index (χ1v) is 18.1. The van der Waals surface area contributed by atoms with Crippen molar-refractivity contribution >= 4 is 69.4 Å². The number of hydrogen-bond acceptors (Lipinski definition) is 12. The van der Waals surface area contributed by atoms with Gasteiger partial charge >= 0.3 is 11.9 Å². The van der Waals surface area contributed by atoms with Crippen LogP contribution in [0.2, 0.25) is 0 Å². The molecule has 0 fully saturated rings. The topological polar surface area (TPSA) is 188 Å². The molecule has 4 atom stereocenters. The molecule has 0 aliphatic rings. The zero-order chi connectivity index (χ0) is 37.6. The summed E-state index contributed by atoms with van der Waals surface area (Å²) >= 11 is 3.09. The predicted molar refractivity (Wildman–Crippen MR) is 195 cm³/mol. The summed E-state index contributed by atoms with van der Waals surface area (Å²) < 4.78 is 21.3. The molecule has 1 unspecified atom stereocenters. The van der Waals surface area contributed by atoms with E-state index in [0.29, 0.717) is 21.0 Å². The number of alkyl halides is 1. The summed E-state index contributed by atoms with van der Waals surface area (Å²) in [6.45, 7) is 3.80. The fourth-order valence-corrected chi connectivity index (χ4v) is 6.01. The Morgan fingerprint density at radius 2 is 1.45 bits per heavy atom. The molecule has 0 saturated carbocycles. The minimum Gasteiger partial charge on any atom is -0.461 e. The standard InChI is InChI=1S/C35H41IN4O10S/c1-21-37-16-29(51-21)33(45)40-28(19-48-5)32(44)39-27(18-47-4)31(43)38-26(15-23-11-7-6-8-12-23)30(42)35(3,20-36)50-34(46)25-14-10-9-13-24(25)17-49-22(2)41/h6-14,16,26-28H,15,17-20H2,1-5H3,(H,38,43)(H,39,44)(H,40,45)/t26?,27-,28-,35+/m0/s1. The van der Waals surface area contributed by atoms with E-state index in [-0.39, 0.29) is 36.2 Å². The van der Waals surface area contributed by atoms with E-state index in [1.165, 1.54) is 40.3 Å². The molecule has 3 aromatic rings. The summed E-state index contributed by atoms with van der Waals surface area (Å²) in [6.07, 6.45) is 1.42. The van der Waals surface area contributed by atoms with Gasteiger partial charge in [-0.2, -0.15) is 0 Å². The minimum atomic E-state index is -1.72. The molecule has 51 heavy (non-hydrogen) atoms. The summed E-state index contributed by atoms with van der Waals surface area (Å²) in [4.78, 5) is 83.5. The highest BCUT2D eigenvalue weighted by molar-refractivity contribution is 14.1. The maximum absolute atomic E-state index is 14.3. The lowest BCUT2D eigenvalue weighted by Crippen LogP contribution is -2.60. The number of nitrogens with zero attached hydrogens (tertiary/aromatic N) is 1. The van der Waals surface area contributed by atoms with Crippen LogP contribution in [0.5, 0.6) is 0 Å². The van der Waals surface area contributed by atoms with Crippen molar-refractivity contribution in [2.24, 2.45) is 0 Å². The van der Waals surface area contributed by atoms with Gasteiger partial charge in [0.25, 0.3) is 5.91 Å². The molecule has 3 N–H and O–H groups in total. The van der Waals surface area contributed by atoms with Crippen molar-refractivity contribution in [3.8, 4) is 0 Å². The number of carbonyl (C=O) groups excluding carboxylic acids is 6. The molecule has 1 heterocycles. The summed E-state index contributed by atoms with van der Waals surface area (Å²) in [7, 11) is 2.70. The number of hydrogen-bond donors (Lipinski definition) is 3. The van der Waals surface area contributed by atoms with E-state index in [2.05, 4.69) is 20.9 Å². The average Bonchev–Trinajstić information content (AvgIpc) is 3.56. The molecular formula is C35H41IN4O10S. The molecule has 14 nitrogen and oxygen atoms in total. The molecule has 0 aliphatic carbocycles. The van der Waals surface area contributed by atoms with E-state index < -0.39 is 59.2 Å².